The molecule has 288 valence electrons. The monoisotopic (exact) mass is 756 g/mol. The van der Waals surface area contributed by atoms with Crippen molar-refractivity contribution in [3.63, 3.8) is 0 Å². The van der Waals surface area contributed by atoms with E-state index in [1.807, 2.05) is 35.9 Å². The molecule has 5 aromatic rings. The number of aromatic nitrogens is 4. The number of amides is 4. The Morgan fingerprint density at radius 1 is 1.02 bits per heavy atom. The average Bonchev–Trinajstić information content (AvgIpc) is 3.96. The van der Waals surface area contributed by atoms with Crippen molar-refractivity contribution in [3.8, 4) is 11.8 Å². The van der Waals surface area contributed by atoms with Crippen LogP contribution in [0, 0.1) is 24.6 Å². The Kier molecular flexibility index (Phi) is 10.4. The molecular formula is C43H45FN8O4. The minimum atomic E-state index is -0.805. The van der Waals surface area contributed by atoms with E-state index in [-0.39, 0.29) is 36.8 Å². The van der Waals surface area contributed by atoms with E-state index in [0.29, 0.717) is 35.0 Å². The Labute approximate surface area is 324 Å². The first-order valence-corrected chi connectivity index (χ1v) is 19.6. The van der Waals surface area contributed by atoms with Crippen LogP contribution in [0.4, 0.5) is 10.2 Å². The molecule has 3 aliphatic heterocycles. The van der Waals surface area contributed by atoms with Gasteiger partial charge in [-0.25, -0.2) is 9.37 Å². The number of piperidine rings is 1. The number of imide groups is 1. The number of rotatable bonds is 11. The fourth-order valence-corrected chi connectivity index (χ4v) is 8.35. The average molecular weight is 757 g/mol. The standard InChI is InChI=1S/C43H45FN8O4/c1-26-30-15-13-28(41(54)47-38-23-33-29(24-45-38)21-34(46-33)35-12-10-19-50(35)2)22-37(30)52(49-26)20-9-7-5-3-4-6-8-11-27-14-16-32(44)40-31(27)25-51(43(40)56)36-17-18-39(53)48-42(36)55/h13-16,21-24,35-36,46H,3-7,9-10,12,17-20,25H2,1-2H3,(H,45,47,54)(H,48,53,55)/t35-,36?/m1/s1. The number of aromatic amines is 1. The Balaban J connectivity index is 0.815. The van der Waals surface area contributed by atoms with Gasteiger partial charge >= 0.3 is 0 Å². The van der Waals surface area contributed by atoms with Crippen LogP contribution in [-0.2, 0) is 22.7 Å². The first kappa shape index (κ1) is 37.1. The first-order valence-electron chi connectivity index (χ1n) is 19.6. The van der Waals surface area contributed by atoms with Gasteiger partial charge in [0.15, 0.2) is 0 Å². The molecule has 13 heteroatoms. The lowest BCUT2D eigenvalue weighted by atomic mass is 10.0. The van der Waals surface area contributed by atoms with E-state index in [4.69, 9.17) is 5.10 Å². The van der Waals surface area contributed by atoms with Crippen LogP contribution in [0.3, 0.4) is 0 Å². The number of nitrogens with one attached hydrogen (secondary N) is 3. The number of carbonyl (C=O) groups is 4. The van der Waals surface area contributed by atoms with Crippen molar-refractivity contribution in [2.75, 3.05) is 18.9 Å². The van der Waals surface area contributed by atoms with Crippen molar-refractivity contribution in [3.05, 3.63) is 88.1 Å². The molecule has 0 radical (unpaired) electrons. The maximum atomic E-state index is 14.7. The molecule has 3 N–H and O–H groups in total. The summed E-state index contributed by atoms with van der Waals surface area (Å²) in [7, 11) is 2.15. The number of halogens is 1. The number of hydrogen-bond acceptors (Lipinski definition) is 7. The van der Waals surface area contributed by atoms with Gasteiger partial charge in [-0.05, 0) is 83.0 Å². The van der Waals surface area contributed by atoms with Crippen LogP contribution in [0.5, 0.6) is 0 Å². The molecular weight excluding hydrogens is 712 g/mol. The molecule has 1 unspecified atom stereocenters. The number of H-pyrrole nitrogens is 1. The molecule has 56 heavy (non-hydrogen) atoms. The number of pyridine rings is 1. The molecule has 0 bridgehead atoms. The van der Waals surface area contributed by atoms with Gasteiger partial charge in [0.2, 0.25) is 11.8 Å². The summed E-state index contributed by atoms with van der Waals surface area (Å²) in [6.45, 7) is 3.90. The van der Waals surface area contributed by atoms with Crippen molar-refractivity contribution < 1.29 is 23.6 Å². The highest BCUT2D eigenvalue weighted by atomic mass is 19.1. The van der Waals surface area contributed by atoms with Gasteiger partial charge in [-0.2, -0.15) is 5.10 Å². The number of nitrogens with zero attached hydrogens (tertiary/aromatic N) is 5. The molecule has 6 heterocycles. The molecule has 0 spiro atoms. The van der Waals surface area contributed by atoms with Gasteiger partial charge in [-0.1, -0.05) is 37.2 Å². The van der Waals surface area contributed by atoms with Crippen LogP contribution >= 0.6 is 0 Å². The highest BCUT2D eigenvalue weighted by Crippen LogP contribution is 2.33. The van der Waals surface area contributed by atoms with E-state index in [0.717, 1.165) is 79.1 Å². The van der Waals surface area contributed by atoms with Gasteiger partial charge in [0, 0.05) is 77.4 Å². The number of fused-ring (bicyclic) bond motifs is 3. The Morgan fingerprint density at radius 2 is 1.86 bits per heavy atom. The highest BCUT2D eigenvalue weighted by Gasteiger charge is 2.41. The van der Waals surface area contributed by atoms with E-state index in [1.165, 1.54) is 23.1 Å². The van der Waals surface area contributed by atoms with Crippen LogP contribution in [0.15, 0.2) is 48.7 Å². The number of anilines is 1. The van der Waals surface area contributed by atoms with Crippen LogP contribution < -0.4 is 10.6 Å². The van der Waals surface area contributed by atoms with Gasteiger partial charge in [-0.3, -0.25) is 34.1 Å². The van der Waals surface area contributed by atoms with E-state index >= 15 is 0 Å². The lowest BCUT2D eigenvalue weighted by molar-refractivity contribution is -0.136. The molecule has 2 atom stereocenters. The lowest BCUT2D eigenvalue weighted by Gasteiger charge is -2.29. The number of carbonyl (C=O) groups excluding carboxylic acids is 4. The SMILES string of the molecule is Cc1nn(CCCCCCCC#Cc2ccc(F)c3c2CN(C2CCC(=O)NC2=O)C3=O)c2cc(C(=O)Nc3cc4[nH]c([C@H]5CCCN5C)cc4cn3)ccc12. The molecule has 3 aliphatic rings. The third kappa shape index (κ3) is 7.41. The van der Waals surface area contributed by atoms with E-state index in [9.17, 15) is 23.6 Å². The summed E-state index contributed by atoms with van der Waals surface area (Å²) < 4.78 is 16.7. The normalized spacial score (nSPS) is 18.4. The topological polar surface area (TPSA) is 145 Å². The summed E-state index contributed by atoms with van der Waals surface area (Å²) >= 11 is 0. The van der Waals surface area contributed by atoms with Crippen LogP contribution in [0.25, 0.3) is 21.8 Å². The fraction of sp³-hybridized carbons (Fsp3) is 0.395. The zero-order chi connectivity index (χ0) is 38.9. The predicted octanol–water partition coefficient (Wildman–Crippen LogP) is 6.53. The van der Waals surface area contributed by atoms with Crippen LogP contribution in [-0.4, -0.2) is 72.8 Å². The minimum absolute atomic E-state index is 0.0371. The number of likely N-dealkylation sites (tertiary alicyclic amines) is 1. The van der Waals surface area contributed by atoms with Gasteiger partial charge in [0.05, 0.1) is 22.3 Å². The van der Waals surface area contributed by atoms with Gasteiger partial charge in [0.1, 0.15) is 17.7 Å². The quantitative estimate of drug-likeness (QED) is 0.0790. The van der Waals surface area contributed by atoms with Gasteiger partial charge in [0.25, 0.3) is 11.8 Å². The summed E-state index contributed by atoms with van der Waals surface area (Å²) in [5.74, 6) is 4.52. The lowest BCUT2D eigenvalue weighted by Crippen LogP contribution is -2.52. The zero-order valence-corrected chi connectivity index (χ0v) is 31.7. The van der Waals surface area contributed by atoms with Crippen molar-refractivity contribution >= 4 is 51.3 Å². The summed E-state index contributed by atoms with van der Waals surface area (Å²) in [4.78, 5) is 62.2. The van der Waals surface area contributed by atoms with Crippen molar-refractivity contribution in [2.45, 2.75) is 96.3 Å². The molecule has 2 fully saturated rings. The molecule has 4 amide bonds. The molecule has 0 saturated carbocycles. The summed E-state index contributed by atoms with van der Waals surface area (Å²) in [5.41, 5.74) is 5.58. The molecule has 3 aromatic heterocycles. The minimum Gasteiger partial charge on any atom is -0.357 e. The second-order valence-electron chi connectivity index (χ2n) is 15.2. The van der Waals surface area contributed by atoms with Crippen LogP contribution in [0.2, 0.25) is 0 Å². The number of aryl methyl sites for hydroxylation is 2. The van der Waals surface area contributed by atoms with Gasteiger partial charge < -0.3 is 15.2 Å². The molecule has 12 nitrogen and oxygen atoms in total. The molecule has 8 rings (SSSR count). The number of benzene rings is 2. The Morgan fingerprint density at radius 3 is 2.68 bits per heavy atom. The summed E-state index contributed by atoms with van der Waals surface area (Å²) in [6.07, 6.45) is 10.0. The second-order valence-corrected chi connectivity index (χ2v) is 15.2. The third-order valence-corrected chi connectivity index (χ3v) is 11.4. The van der Waals surface area contributed by atoms with Crippen molar-refractivity contribution in [1.82, 2.24) is 34.9 Å². The summed E-state index contributed by atoms with van der Waals surface area (Å²) in [6, 6.07) is 12.2. The molecule has 2 saturated heterocycles. The maximum absolute atomic E-state index is 14.7. The van der Waals surface area contributed by atoms with Gasteiger partial charge in [-0.15, -0.1) is 0 Å². The first-order chi connectivity index (χ1) is 27.1. The maximum Gasteiger partial charge on any atom is 0.258 e. The Bertz CT molecular complexity index is 2440. The number of unbranched alkanes of at least 4 members (excludes halogenated alkanes) is 5. The zero-order valence-electron chi connectivity index (χ0n) is 31.7. The summed E-state index contributed by atoms with van der Waals surface area (Å²) in [5, 5.41) is 12.1. The Hall–Kier alpha value is -5.87. The van der Waals surface area contributed by atoms with E-state index in [2.05, 4.69) is 50.5 Å². The van der Waals surface area contributed by atoms with E-state index < -0.39 is 23.7 Å². The second kappa shape index (κ2) is 15.7. The fourth-order valence-electron chi connectivity index (χ4n) is 8.35. The largest absolute Gasteiger partial charge is 0.357 e. The van der Waals surface area contributed by atoms with Crippen molar-refractivity contribution in [2.24, 2.45) is 0 Å². The van der Waals surface area contributed by atoms with Crippen LogP contribution in [0.1, 0.15) is 113 Å². The van der Waals surface area contributed by atoms with Crippen molar-refractivity contribution in [1.29, 1.82) is 0 Å². The highest BCUT2D eigenvalue weighted by molar-refractivity contribution is 6.07. The van der Waals surface area contributed by atoms with E-state index in [1.54, 1.807) is 12.3 Å². The predicted molar refractivity (Wildman–Crippen MR) is 210 cm³/mol. The smallest absolute Gasteiger partial charge is 0.258 e. The number of hydrogen-bond donors (Lipinski definition) is 3. The molecule has 2 aromatic carbocycles. The molecule has 0 aliphatic carbocycles. The third-order valence-electron chi connectivity index (χ3n) is 11.4.